The fourth-order valence-corrected chi connectivity index (χ4v) is 1.67. The van der Waals surface area contributed by atoms with E-state index < -0.39 is 29.3 Å². The van der Waals surface area contributed by atoms with Gasteiger partial charge in [0.15, 0.2) is 0 Å². The number of urea groups is 1. The summed E-state index contributed by atoms with van der Waals surface area (Å²) < 4.78 is 13.1. The average Bonchev–Trinajstić information content (AvgIpc) is 2.32. The first-order valence-corrected chi connectivity index (χ1v) is 6.15. The number of anilines is 1. The van der Waals surface area contributed by atoms with Crippen LogP contribution in [-0.4, -0.2) is 30.2 Å². The van der Waals surface area contributed by atoms with Crippen molar-refractivity contribution in [1.82, 2.24) is 5.32 Å². The molecule has 110 valence electrons. The van der Waals surface area contributed by atoms with Crippen LogP contribution in [0.2, 0.25) is 0 Å². The Bertz CT molecular complexity index is 511. The molecular formula is C14H19FN2O3. The van der Waals surface area contributed by atoms with Crippen LogP contribution in [0, 0.1) is 11.2 Å². The minimum Gasteiger partial charge on any atom is -0.480 e. The van der Waals surface area contributed by atoms with E-state index in [9.17, 15) is 14.0 Å². The van der Waals surface area contributed by atoms with E-state index >= 15 is 0 Å². The third-order valence-electron chi connectivity index (χ3n) is 2.88. The third kappa shape index (κ3) is 3.94. The summed E-state index contributed by atoms with van der Waals surface area (Å²) in [5.41, 5.74) is -0.287. The van der Waals surface area contributed by atoms with Gasteiger partial charge in [-0.15, -0.1) is 0 Å². The van der Waals surface area contributed by atoms with Gasteiger partial charge in [0, 0.05) is 12.7 Å². The van der Waals surface area contributed by atoms with Crippen molar-refractivity contribution in [2.75, 3.05) is 11.9 Å². The van der Waals surface area contributed by atoms with Gasteiger partial charge in [0.05, 0.1) is 0 Å². The highest BCUT2D eigenvalue weighted by atomic mass is 19.1. The SMILES string of the molecule is CN(C(=O)NC(C(=O)O)C(C)(C)C)c1cccc(F)c1. The van der Waals surface area contributed by atoms with Crippen LogP contribution in [0.5, 0.6) is 0 Å². The van der Waals surface area contributed by atoms with E-state index in [1.807, 2.05) is 0 Å². The van der Waals surface area contributed by atoms with Crippen LogP contribution in [0.4, 0.5) is 14.9 Å². The van der Waals surface area contributed by atoms with Gasteiger partial charge in [-0.25, -0.2) is 14.0 Å². The molecule has 2 amide bonds. The highest BCUT2D eigenvalue weighted by Gasteiger charge is 2.33. The number of nitrogens with zero attached hydrogens (tertiary/aromatic N) is 1. The molecule has 1 rings (SSSR count). The van der Waals surface area contributed by atoms with Crippen LogP contribution in [0.1, 0.15) is 20.8 Å². The van der Waals surface area contributed by atoms with E-state index in [1.54, 1.807) is 26.8 Å². The minimum absolute atomic E-state index is 0.348. The fraction of sp³-hybridized carbons (Fsp3) is 0.429. The number of benzene rings is 1. The van der Waals surface area contributed by atoms with Crippen molar-refractivity contribution in [2.24, 2.45) is 5.41 Å². The maximum absolute atomic E-state index is 13.1. The molecule has 0 aliphatic rings. The standard InChI is InChI=1S/C14H19FN2O3/c1-14(2,3)11(12(18)19)16-13(20)17(4)10-7-5-6-9(15)8-10/h5-8,11H,1-4H3,(H,16,20)(H,18,19). The monoisotopic (exact) mass is 282 g/mol. The van der Waals surface area contributed by atoms with Gasteiger partial charge in [-0.05, 0) is 23.6 Å². The van der Waals surface area contributed by atoms with Crippen molar-refractivity contribution >= 4 is 17.7 Å². The number of aliphatic carboxylic acids is 1. The number of hydrogen-bond acceptors (Lipinski definition) is 2. The smallest absolute Gasteiger partial charge is 0.326 e. The maximum atomic E-state index is 13.1. The molecule has 1 aromatic carbocycles. The molecule has 1 aromatic rings. The molecule has 0 spiro atoms. The number of rotatable bonds is 3. The number of hydrogen-bond donors (Lipinski definition) is 2. The molecule has 0 aromatic heterocycles. The molecule has 0 radical (unpaired) electrons. The van der Waals surface area contributed by atoms with Crippen LogP contribution in [0.15, 0.2) is 24.3 Å². The van der Waals surface area contributed by atoms with E-state index in [4.69, 9.17) is 5.11 Å². The number of carboxylic acids is 1. The molecule has 20 heavy (non-hydrogen) atoms. The molecule has 0 heterocycles. The van der Waals surface area contributed by atoms with E-state index in [2.05, 4.69) is 5.32 Å². The van der Waals surface area contributed by atoms with Gasteiger partial charge in [-0.2, -0.15) is 0 Å². The Hall–Kier alpha value is -2.11. The normalized spacial score (nSPS) is 12.7. The van der Waals surface area contributed by atoms with Gasteiger partial charge in [0.25, 0.3) is 0 Å². The van der Waals surface area contributed by atoms with Crippen molar-refractivity contribution in [2.45, 2.75) is 26.8 Å². The Balaban J connectivity index is 2.87. The van der Waals surface area contributed by atoms with Gasteiger partial charge in [0.2, 0.25) is 0 Å². The molecular weight excluding hydrogens is 263 g/mol. The quantitative estimate of drug-likeness (QED) is 0.894. The summed E-state index contributed by atoms with van der Waals surface area (Å²) in [6, 6.07) is 3.88. The molecule has 1 atom stereocenters. The number of carboxylic acid groups (broad SMARTS) is 1. The number of carbonyl (C=O) groups excluding carboxylic acids is 1. The van der Waals surface area contributed by atoms with E-state index in [1.165, 1.54) is 30.1 Å². The summed E-state index contributed by atoms with van der Waals surface area (Å²) in [6.45, 7) is 5.15. The Morgan fingerprint density at radius 3 is 2.40 bits per heavy atom. The van der Waals surface area contributed by atoms with Crippen molar-refractivity contribution in [3.05, 3.63) is 30.1 Å². The fourth-order valence-electron chi connectivity index (χ4n) is 1.67. The Kier molecular flexibility index (Phi) is 4.70. The third-order valence-corrected chi connectivity index (χ3v) is 2.88. The van der Waals surface area contributed by atoms with Gasteiger partial charge in [-0.1, -0.05) is 26.8 Å². The van der Waals surface area contributed by atoms with Crippen LogP contribution < -0.4 is 10.2 Å². The zero-order valence-electron chi connectivity index (χ0n) is 12.0. The first-order valence-electron chi connectivity index (χ1n) is 6.15. The zero-order chi connectivity index (χ0) is 15.5. The molecule has 0 saturated heterocycles. The van der Waals surface area contributed by atoms with Crippen molar-refractivity contribution in [3.63, 3.8) is 0 Å². The van der Waals surface area contributed by atoms with Gasteiger partial charge in [0.1, 0.15) is 11.9 Å². The predicted molar refractivity (Wildman–Crippen MR) is 74.2 cm³/mol. The lowest BCUT2D eigenvalue weighted by atomic mass is 9.87. The summed E-state index contributed by atoms with van der Waals surface area (Å²) in [5, 5.41) is 11.6. The highest BCUT2D eigenvalue weighted by molar-refractivity contribution is 5.94. The average molecular weight is 282 g/mol. The second kappa shape index (κ2) is 5.90. The first-order chi connectivity index (χ1) is 9.12. The summed E-state index contributed by atoms with van der Waals surface area (Å²) in [6.07, 6.45) is 0. The number of nitrogens with one attached hydrogen (secondary N) is 1. The van der Waals surface area contributed by atoms with Crippen molar-refractivity contribution in [3.8, 4) is 0 Å². The lowest BCUT2D eigenvalue weighted by Gasteiger charge is -2.29. The second-order valence-corrected chi connectivity index (χ2v) is 5.63. The molecule has 0 aliphatic carbocycles. The minimum atomic E-state index is -1.11. The second-order valence-electron chi connectivity index (χ2n) is 5.63. The predicted octanol–water partition coefficient (Wildman–Crippen LogP) is 2.47. The van der Waals surface area contributed by atoms with Crippen LogP contribution >= 0.6 is 0 Å². The zero-order valence-corrected chi connectivity index (χ0v) is 12.0. The Labute approximate surface area is 117 Å². The molecule has 5 nitrogen and oxygen atoms in total. The van der Waals surface area contributed by atoms with Crippen LogP contribution in [0.25, 0.3) is 0 Å². The Morgan fingerprint density at radius 2 is 1.95 bits per heavy atom. The molecule has 0 saturated carbocycles. The summed E-state index contributed by atoms with van der Waals surface area (Å²) in [7, 11) is 1.45. The van der Waals surface area contributed by atoms with Gasteiger partial charge in [-0.3, -0.25) is 4.90 Å². The number of carbonyl (C=O) groups is 2. The van der Waals surface area contributed by atoms with Crippen LogP contribution in [0.3, 0.4) is 0 Å². The Morgan fingerprint density at radius 1 is 1.35 bits per heavy atom. The van der Waals surface area contributed by atoms with Crippen molar-refractivity contribution < 1.29 is 19.1 Å². The summed E-state index contributed by atoms with van der Waals surface area (Å²) in [5.74, 6) is -1.58. The first kappa shape index (κ1) is 15.9. The van der Waals surface area contributed by atoms with E-state index in [-0.39, 0.29) is 0 Å². The molecule has 0 bridgehead atoms. The molecule has 0 aliphatic heterocycles. The summed E-state index contributed by atoms with van der Waals surface area (Å²) >= 11 is 0. The maximum Gasteiger partial charge on any atom is 0.326 e. The largest absolute Gasteiger partial charge is 0.480 e. The number of halogens is 1. The van der Waals surface area contributed by atoms with Gasteiger partial charge < -0.3 is 10.4 Å². The molecule has 1 unspecified atom stereocenters. The van der Waals surface area contributed by atoms with E-state index in [0.29, 0.717) is 5.69 Å². The lowest BCUT2D eigenvalue weighted by molar-refractivity contribution is -0.141. The number of amides is 2. The molecule has 6 heteroatoms. The summed E-state index contributed by atoms with van der Waals surface area (Å²) in [4.78, 5) is 24.4. The van der Waals surface area contributed by atoms with Gasteiger partial charge >= 0.3 is 12.0 Å². The lowest BCUT2D eigenvalue weighted by Crippen LogP contribution is -2.52. The van der Waals surface area contributed by atoms with Crippen LogP contribution in [-0.2, 0) is 4.79 Å². The van der Waals surface area contributed by atoms with Crippen molar-refractivity contribution in [1.29, 1.82) is 0 Å². The van der Waals surface area contributed by atoms with E-state index in [0.717, 1.165) is 0 Å². The molecule has 0 fully saturated rings. The highest BCUT2D eigenvalue weighted by Crippen LogP contribution is 2.20. The molecule has 2 N–H and O–H groups in total. The topological polar surface area (TPSA) is 69.6 Å².